The molecule has 4 heteroatoms. The maximum Gasteiger partial charge on any atom is 0.246 e. The van der Waals surface area contributed by atoms with Crippen molar-refractivity contribution in [1.29, 1.82) is 0 Å². The molecule has 0 aliphatic heterocycles. The SMILES string of the molecule is C=C(C)C(=O)NCc1c(C)nc(Cc2ccccc2)n1C. The van der Waals surface area contributed by atoms with Crippen molar-refractivity contribution < 1.29 is 4.79 Å². The molecule has 1 amide bonds. The molecule has 1 heterocycles. The van der Waals surface area contributed by atoms with Crippen LogP contribution in [0, 0.1) is 6.92 Å². The van der Waals surface area contributed by atoms with Gasteiger partial charge in [0.05, 0.1) is 17.9 Å². The minimum atomic E-state index is -0.125. The van der Waals surface area contributed by atoms with E-state index in [4.69, 9.17) is 0 Å². The van der Waals surface area contributed by atoms with Crippen molar-refractivity contribution in [3.05, 3.63) is 65.3 Å². The first-order valence-electron chi connectivity index (χ1n) is 6.97. The van der Waals surface area contributed by atoms with Crippen LogP contribution in [0.25, 0.3) is 0 Å². The number of hydrogen-bond acceptors (Lipinski definition) is 2. The van der Waals surface area contributed by atoms with E-state index >= 15 is 0 Å². The Balaban J connectivity index is 2.14. The van der Waals surface area contributed by atoms with Crippen molar-refractivity contribution >= 4 is 5.91 Å². The van der Waals surface area contributed by atoms with Crippen LogP contribution in [0.2, 0.25) is 0 Å². The molecule has 0 radical (unpaired) electrons. The van der Waals surface area contributed by atoms with Gasteiger partial charge in [-0.1, -0.05) is 36.9 Å². The van der Waals surface area contributed by atoms with E-state index in [1.807, 2.05) is 32.2 Å². The van der Waals surface area contributed by atoms with Gasteiger partial charge >= 0.3 is 0 Å². The predicted octanol–water partition coefficient (Wildman–Crippen LogP) is 2.51. The Hall–Kier alpha value is -2.36. The topological polar surface area (TPSA) is 46.9 Å². The molecule has 0 aliphatic rings. The van der Waals surface area contributed by atoms with E-state index in [1.165, 1.54) is 5.56 Å². The number of imidazole rings is 1. The van der Waals surface area contributed by atoms with E-state index in [-0.39, 0.29) is 5.91 Å². The number of nitrogens with zero attached hydrogens (tertiary/aromatic N) is 2. The van der Waals surface area contributed by atoms with E-state index < -0.39 is 0 Å². The molecular weight excluding hydrogens is 262 g/mol. The Morgan fingerprint density at radius 1 is 1.33 bits per heavy atom. The molecule has 0 bridgehead atoms. The molecule has 0 atom stereocenters. The van der Waals surface area contributed by atoms with Crippen LogP contribution in [0.4, 0.5) is 0 Å². The monoisotopic (exact) mass is 283 g/mol. The Morgan fingerprint density at radius 3 is 2.62 bits per heavy atom. The number of amides is 1. The van der Waals surface area contributed by atoms with Gasteiger partial charge in [0.1, 0.15) is 5.82 Å². The van der Waals surface area contributed by atoms with Gasteiger partial charge in [-0.2, -0.15) is 0 Å². The molecule has 2 aromatic rings. The zero-order chi connectivity index (χ0) is 15.4. The molecule has 0 saturated heterocycles. The fourth-order valence-corrected chi connectivity index (χ4v) is 2.23. The number of rotatable bonds is 5. The number of benzene rings is 1. The maximum atomic E-state index is 11.6. The number of aryl methyl sites for hydroxylation is 1. The third-order valence-corrected chi connectivity index (χ3v) is 3.52. The lowest BCUT2D eigenvalue weighted by Gasteiger charge is -2.08. The summed E-state index contributed by atoms with van der Waals surface area (Å²) in [7, 11) is 1.99. The van der Waals surface area contributed by atoms with Crippen molar-refractivity contribution in [3.63, 3.8) is 0 Å². The molecule has 2 rings (SSSR count). The second-order valence-corrected chi connectivity index (χ2v) is 5.24. The van der Waals surface area contributed by atoms with E-state index in [0.29, 0.717) is 12.1 Å². The molecule has 0 spiro atoms. The average molecular weight is 283 g/mol. The Bertz CT molecular complexity index is 656. The van der Waals surface area contributed by atoms with Gasteiger partial charge in [0.25, 0.3) is 0 Å². The zero-order valence-corrected chi connectivity index (χ0v) is 12.8. The van der Waals surface area contributed by atoms with Gasteiger partial charge in [0, 0.05) is 19.0 Å². The summed E-state index contributed by atoms with van der Waals surface area (Å²) >= 11 is 0. The van der Waals surface area contributed by atoms with Gasteiger partial charge in [-0.05, 0) is 19.4 Å². The molecule has 110 valence electrons. The van der Waals surface area contributed by atoms with Crippen LogP contribution in [0.15, 0.2) is 42.5 Å². The first-order chi connectivity index (χ1) is 9.99. The fraction of sp³-hybridized carbons (Fsp3) is 0.294. The van der Waals surface area contributed by atoms with Crippen LogP contribution >= 0.6 is 0 Å². The molecule has 0 saturated carbocycles. The van der Waals surface area contributed by atoms with Crippen LogP contribution in [0.5, 0.6) is 0 Å². The van der Waals surface area contributed by atoms with Crippen LogP contribution in [0.1, 0.15) is 29.7 Å². The minimum absolute atomic E-state index is 0.125. The highest BCUT2D eigenvalue weighted by molar-refractivity contribution is 5.91. The summed E-state index contributed by atoms with van der Waals surface area (Å²) in [6, 6.07) is 10.2. The standard InChI is InChI=1S/C17H21N3O/c1-12(2)17(21)18-11-15-13(3)19-16(20(15)4)10-14-8-6-5-7-9-14/h5-9H,1,10-11H2,2-4H3,(H,18,21). The lowest BCUT2D eigenvalue weighted by atomic mass is 10.1. The van der Waals surface area contributed by atoms with Gasteiger partial charge in [-0.3, -0.25) is 4.79 Å². The lowest BCUT2D eigenvalue weighted by molar-refractivity contribution is -0.117. The highest BCUT2D eigenvalue weighted by Crippen LogP contribution is 2.13. The number of aromatic nitrogens is 2. The second-order valence-electron chi connectivity index (χ2n) is 5.24. The van der Waals surface area contributed by atoms with E-state index in [9.17, 15) is 4.79 Å². The summed E-state index contributed by atoms with van der Waals surface area (Å²) in [6.07, 6.45) is 0.784. The van der Waals surface area contributed by atoms with Crippen molar-refractivity contribution in [3.8, 4) is 0 Å². The zero-order valence-electron chi connectivity index (χ0n) is 12.8. The highest BCUT2D eigenvalue weighted by atomic mass is 16.1. The molecular formula is C17H21N3O. The van der Waals surface area contributed by atoms with Gasteiger partial charge in [0.15, 0.2) is 0 Å². The molecule has 1 N–H and O–H groups in total. The molecule has 4 nitrogen and oxygen atoms in total. The molecule has 0 aliphatic carbocycles. The maximum absolute atomic E-state index is 11.6. The third-order valence-electron chi connectivity index (χ3n) is 3.52. The molecule has 1 aromatic heterocycles. The van der Waals surface area contributed by atoms with E-state index in [2.05, 4.69) is 33.6 Å². The van der Waals surface area contributed by atoms with Crippen LogP contribution in [-0.2, 0) is 24.8 Å². The summed E-state index contributed by atoms with van der Waals surface area (Å²) < 4.78 is 2.06. The number of nitrogens with one attached hydrogen (secondary N) is 1. The summed E-state index contributed by atoms with van der Waals surface area (Å²) in [4.78, 5) is 16.2. The van der Waals surface area contributed by atoms with Gasteiger partial charge in [-0.25, -0.2) is 4.98 Å². The Morgan fingerprint density at radius 2 is 2.00 bits per heavy atom. The largest absolute Gasteiger partial charge is 0.347 e. The second kappa shape index (κ2) is 6.39. The third kappa shape index (κ3) is 3.60. The smallest absolute Gasteiger partial charge is 0.246 e. The molecule has 1 aromatic carbocycles. The number of carbonyl (C=O) groups is 1. The van der Waals surface area contributed by atoms with Crippen molar-refractivity contribution in [2.24, 2.45) is 7.05 Å². The fourth-order valence-electron chi connectivity index (χ4n) is 2.23. The van der Waals surface area contributed by atoms with Gasteiger partial charge in [0.2, 0.25) is 5.91 Å². The predicted molar refractivity (Wildman–Crippen MR) is 83.9 cm³/mol. The molecule has 0 unspecified atom stereocenters. The molecule has 21 heavy (non-hydrogen) atoms. The van der Waals surface area contributed by atoms with Crippen LogP contribution in [0.3, 0.4) is 0 Å². The van der Waals surface area contributed by atoms with Crippen LogP contribution < -0.4 is 5.32 Å². The number of carbonyl (C=O) groups excluding carboxylic acids is 1. The van der Waals surface area contributed by atoms with Crippen molar-refractivity contribution in [1.82, 2.24) is 14.9 Å². The first kappa shape index (κ1) is 15.0. The quantitative estimate of drug-likeness (QED) is 0.857. The summed E-state index contributed by atoms with van der Waals surface area (Å²) in [5.41, 5.74) is 3.71. The Kier molecular flexibility index (Phi) is 4.58. The first-order valence-corrected chi connectivity index (χ1v) is 6.97. The van der Waals surface area contributed by atoms with E-state index in [1.54, 1.807) is 6.92 Å². The van der Waals surface area contributed by atoms with E-state index in [0.717, 1.165) is 23.6 Å². The highest BCUT2D eigenvalue weighted by Gasteiger charge is 2.13. The minimum Gasteiger partial charge on any atom is -0.347 e. The summed E-state index contributed by atoms with van der Waals surface area (Å²) in [6.45, 7) is 7.78. The Labute approximate surface area is 125 Å². The average Bonchev–Trinajstić information content (AvgIpc) is 2.72. The molecule has 0 fully saturated rings. The van der Waals surface area contributed by atoms with Crippen LogP contribution in [-0.4, -0.2) is 15.5 Å². The van der Waals surface area contributed by atoms with Gasteiger partial charge < -0.3 is 9.88 Å². The summed E-state index contributed by atoms with van der Waals surface area (Å²) in [5, 5.41) is 2.86. The normalized spacial score (nSPS) is 10.4. The number of hydrogen-bond donors (Lipinski definition) is 1. The van der Waals surface area contributed by atoms with Gasteiger partial charge in [-0.15, -0.1) is 0 Å². The van der Waals surface area contributed by atoms with Crippen molar-refractivity contribution in [2.75, 3.05) is 0 Å². The summed E-state index contributed by atoms with van der Waals surface area (Å²) in [5.74, 6) is 0.874. The van der Waals surface area contributed by atoms with Crippen molar-refractivity contribution in [2.45, 2.75) is 26.8 Å². The lowest BCUT2D eigenvalue weighted by Crippen LogP contribution is -2.24.